The Labute approximate surface area is 65.9 Å². The molecule has 0 N–H and O–H groups in total. The maximum Gasteiger partial charge on any atom is 0.336 e. The van der Waals surface area contributed by atoms with Crippen LogP contribution in [-0.2, 0) is 6.42 Å². The highest BCUT2D eigenvalue weighted by atomic mass is 16.4. The van der Waals surface area contributed by atoms with Crippen molar-refractivity contribution < 1.29 is 4.42 Å². The van der Waals surface area contributed by atoms with Crippen molar-refractivity contribution >= 4 is 0 Å². The first-order valence-electron chi connectivity index (χ1n) is 3.75. The fourth-order valence-electron chi connectivity index (χ4n) is 1.10. The molecule has 0 saturated heterocycles. The normalized spacial score (nSPS) is 10.1. The number of hydrogen-bond acceptors (Lipinski definition) is 2. The first-order chi connectivity index (χ1) is 5.15. The summed E-state index contributed by atoms with van der Waals surface area (Å²) in [6, 6.07) is 1.56. The highest BCUT2D eigenvalue weighted by Gasteiger charge is 2.01. The van der Waals surface area contributed by atoms with Crippen molar-refractivity contribution in [1.29, 1.82) is 0 Å². The van der Waals surface area contributed by atoms with Crippen LogP contribution in [0.4, 0.5) is 0 Å². The SMILES string of the molecule is CCc1cc(=O)oc(C)c1C. The summed E-state index contributed by atoms with van der Waals surface area (Å²) in [5, 5.41) is 0. The molecule has 0 amide bonds. The van der Waals surface area contributed by atoms with Crippen LogP contribution in [0.5, 0.6) is 0 Å². The lowest BCUT2D eigenvalue weighted by Gasteiger charge is -2.02. The second-order valence-electron chi connectivity index (χ2n) is 2.63. The van der Waals surface area contributed by atoms with Crippen LogP contribution in [0.3, 0.4) is 0 Å². The number of rotatable bonds is 1. The van der Waals surface area contributed by atoms with Crippen LogP contribution in [0.1, 0.15) is 23.8 Å². The van der Waals surface area contributed by atoms with Crippen molar-refractivity contribution in [2.24, 2.45) is 0 Å². The van der Waals surface area contributed by atoms with Crippen LogP contribution in [-0.4, -0.2) is 0 Å². The topological polar surface area (TPSA) is 30.2 Å². The Morgan fingerprint density at radius 1 is 1.45 bits per heavy atom. The van der Waals surface area contributed by atoms with Crippen LogP contribution < -0.4 is 5.63 Å². The van der Waals surface area contributed by atoms with Crippen molar-refractivity contribution in [2.45, 2.75) is 27.2 Å². The zero-order valence-electron chi connectivity index (χ0n) is 7.10. The first-order valence-corrected chi connectivity index (χ1v) is 3.75. The molecule has 2 heteroatoms. The van der Waals surface area contributed by atoms with Crippen molar-refractivity contribution in [3.63, 3.8) is 0 Å². The van der Waals surface area contributed by atoms with Gasteiger partial charge in [-0.3, -0.25) is 0 Å². The summed E-state index contributed by atoms with van der Waals surface area (Å²) in [6.07, 6.45) is 0.887. The van der Waals surface area contributed by atoms with E-state index in [9.17, 15) is 4.79 Å². The number of hydrogen-bond donors (Lipinski definition) is 0. The number of aryl methyl sites for hydroxylation is 2. The van der Waals surface area contributed by atoms with Crippen molar-refractivity contribution in [2.75, 3.05) is 0 Å². The van der Waals surface area contributed by atoms with Gasteiger partial charge in [0, 0.05) is 6.07 Å². The second kappa shape index (κ2) is 2.91. The van der Waals surface area contributed by atoms with E-state index in [0.29, 0.717) is 0 Å². The van der Waals surface area contributed by atoms with E-state index in [1.807, 2.05) is 20.8 Å². The van der Waals surface area contributed by atoms with Crippen molar-refractivity contribution in [3.05, 3.63) is 33.4 Å². The lowest BCUT2D eigenvalue weighted by atomic mass is 10.1. The zero-order chi connectivity index (χ0) is 8.43. The summed E-state index contributed by atoms with van der Waals surface area (Å²) in [6.45, 7) is 5.81. The molecule has 0 unspecified atom stereocenters. The van der Waals surface area contributed by atoms with Crippen LogP contribution in [0.25, 0.3) is 0 Å². The van der Waals surface area contributed by atoms with E-state index >= 15 is 0 Å². The third-order valence-electron chi connectivity index (χ3n) is 1.94. The summed E-state index contributed by atoms with van der Waals surface area (Å²) >= 11 is 0. The van der Waals surface area contributed by atoms with Gasteiger partial charge in [-0.1, -0.05) is 6.92 Å². The second-order valence-corrected chi connectivity index (χ2v) is 2.63. The van der Waals surface area contributed by atoms with E-state index in [4.69, 9.17) is 4.42 Å². The molecular weight excluding hydrogens is 140 g/mol. The van der Waals surface area contributed by atoms with E-state index in [1.165, 1.54) is 0 Å². The standard InChI is InChI=1S/C9H12O2/c1-4-8-5-9(10)11-7(3)6(8)2/h5H,4H2,1-3H3. The van der Waals surface area contributed by atoms with Gasteiger partial charge in [-0.25, -0.2) is 4.79 Å². The molecule has 1 aromatic heterocycles. The Hall–Kier alpha value is -1.05. The fourth-order valence-corrected chi connectivity index (χ4v) is 1.10. The Morgan fingerprint density at radius 3 is 2.64 bits per heavy atom. The molecule has 0 fully saturated rings. The lowest BCUT2D eigenvalue weighted by Crippen LogP contribution is -2.03. The summed E-state index contributed by atoms with van der Waals surface area (Å²) in [5.41, 5.74) is 1.93. The molecular formula is C9H12O2. The van der Waals surface area contributed by atoms with Gasteiger partial charge >= 0.3 is 5.63 Å². The van der Waals surface area contributed by atoms with E-state index in [-0.39, 0.29) is 5.63 Å². The van der Waals surface area contributed by atoms with E-state index in [0.717, 1.165) is 23.3 Å². The zero-order valence-corrected chi connectivity index (χ0v) is 7.10. The van der Waals surface area contributed by atoms with Crippen molar-refractivity contribution in [3.8, 4) is 0 Å². The van der Waals surface area contributed by atoms with Crippen LogP contribution in [0.15, 0.2) is 15.3 Å². The predicted octanol–water partition coefficient (Wildman–Crippen LogP) is 1.82. The largest absolute Gasteiger partial charge is 0.428 e. The van der Waals surface area contributed by atoms with Gasteiger partial charge in [-0.15, -0.1) is 0 Å². The molecule has 1 heterocycles. The summed E-state index contributed by atoms with van der Waals surface area (Å²) in [7, 11) is 0. The minimum atomic E-state index is -0.245. The Balaban J connectivity index is 3.36. The van der Waals surface area contributed by atoms with Gasteiger partial charge < -0.3 is 4.42 Å². The Bertz CT molecular complexity index is 310. The molecule has 60 valence electrons. The average molecular weight is 152 g/mol. The Kier molecular flexibility index (Phi) is 2.13. The van der Waals surface area contributed by atoms with Crippen LogP contribution in [0.2, 0.25) is 0 Å². The molecule has 0 saturated carbocycles. The molecule has 0 spiro atoms. The maximum absolute atomic E-state index is 10.9. The molecule has 0 radical (unpaired) electrons. The summed E-state index contributed by atoms with van der Waals surface area (Å²) < 4.78 is 4.89. The molecule has 1 aromatic rings. The van der Waals surface area contributed by atoms with E-state index in [2.05, 4.69) is 0 Å². The molecule has 0 atom stereocenters. The summed E-state index contributed by atoms with van der Waals surface area (Å²) in [5.74, 6) is 0.731. The minimum Gasteiger partial charge on any atom is -0.428 e. The monoisotopic (exact) mass is 152 g/mol. The maximum atomic E-state index is 10.9. The Morgan fingerprint density at radius 2 is 2.09 bits per heavy atom. The minimum absolute atomic E-state index is 0.245. The highest BCUT2D eigenvalue weighted by molar-refractivity contribution is 5.25. The first kappa shape index (κ1) is 8.05. The smallest absolute Gasteiger partial charge is 0.336 e. The van der Waals surface area contributed by atoms with Crippen LogP contribution in [0, 0.1) is 13.8 Å². The molecule has 0 aliphatic rings. The average Bonchev–Trinajstić information content (AvgIpc) is 1.96. The molecule has 2 nitrogen and oxygen atoms in total. The molecule has 0 aliphatic carbocycles. The van der Waals surface area contributed by atoms with E-state index < -0.39 is 0 Å². The predicted molar refractivity (Wildman–Crippen MR) is 43.8 cm³/mol. The molecule has 0 aliphatic heterocycles. The molecule has 11 heavy (non-hydrogen) atoms. The van der Waals surface area contributed by atoms with Gasteiger partial charge in [0.1, 0.15) is 5.76 Å². The van der Waals surface area contributed by atoms with E-state index in [1.54, 1.807) is 6.07 Å². The van der Waals surface area contributed by atoms with Gasteiger partial charge in [-0.2, -0.15) is 0 Å². The van der Waals surface area contributed by atoms with Gasteiger partial charge in [0.15, 0.2) is 0 Å². The third-order valence-corrected chi connectivity index (χ3v) is 1.94. The van der Waals surface area contributed by atoms with Crippen LogP contribution >= 0.6 is 0 Å². The quantitative estimate of drug-likeness (QED) is 0.614. The lowest BCUT2D eigenvalue weighted by molar-refractivity contribution is 0.473. The third kappa shape index (κ3) is 1.50. The molecule has 1 rings (SSSR count). The van der Waals surface area contributed by atoms with Gasteiger partial charge in [0.25, 0.3) is 0 Å². The van der Waals surface area contributed by atoms with Gasteiger partial charge in [0.05, 0.1) is 0 Å². The van der Waals surface area contributed by atoms with Crippen molar-refractivity contribution in [1.82, 2.24) is 0 Å². The highest BCUT2D eigenvalue weighted by Crippen LogP contribution is 2.09. The fraction of sp³-hybridized carbons (Fsp3) is 0.444. The molecule has 0 aromatic carbocycles. The molecule has 0 bridgehead atoms. The summed E-state index contributed by atoms with van der Waals surface area (Å²) in [4.78, 5) is 10.9. The van der Waals surface area contributed by atoms with Gasteiger partial charge in [-0.05, 0) is 31.4 Å². The van der Waals surface area contributed by atoms with Gasteiger partial charge in [0.2, 0.25) is 0 Å².